The summed E-state index contributed by atoms with van der Waals surface area (Å²) < 4.78 is 1.73. The third-order valence-corrected chi connectivity index (χ3v) is 3.89. The van der Waals surface area contributed by atoms with Crippen LogP contribution in [0.3, 0.4) is 0 Å². The Hall–Kier alpha value is -1.91. The second-order valence-electron chi connectivity index (χ2n) is 5.51. The van der Waals surface area contributed by atoms with Gasteiger partial charge in [0, 0.05) is 45.0 Å². The molecule has 2 heterocycles. The number of pyridine rings is 1. The predicted octanol–water partition coefficient (Wildman–Crippen LogP) is 1.30. The Morgan fingerprint density at radius 3 is 2.24 bits per heavy atom. The lowest BCUT2D eigenvalue weighted by Crippen LogP contribution is -2.42. The number of piperazine rings is 1. The van der Waals surface area contributed by atoms with E-state index in [-0.39, 0.29) is 5.56 Å². The average Bonchev–Trinajstić information content (AvgIpc) is 2.52. The summed E-state index contributed by atoms with van der Waals surface area (Å²) in [5.41, 5.74) is 2.54. The fourth-order valence-electron chi connectivity index (χ4n) is 2.67. The average molecular weight is 283 g/mol. The van der Waals surface area contributed by atoms with Gasteiger partial charge in [0.05, 0.1) is 6.54 Å². The van der Waals surface area contributed by atoms with E-state index in [4.69, 9.17) is 0 Å². The first-order valence-electron chi connectivity index (χ1n) is 7.48. The summed E-state index contributed by atoms with van der Waals surface area (Å²) in [6, 6.07) is 13.8. The molecule has 1 aromatic heterocycles. The summed E-state index contributed by atoms with van der Waals surface area (Å²) in [6.45, 7) is 6.02. The molecule has 0 unspecified atom stereocenters. The van der Waals surface area contributed by atoms with Gasteiger partial charge in [-0.25, -0.2) is 0 Å². The topological polar surface area (TPSA) is 37.3 Å². The van der Waals surface area contributed by atoms with Crippen LogP contribution in [0.2, 0.25) is 0 Å². The molecule has 21 heavy (non-hydrogen) atoms. The molecule has 1 fully saturated rings. The Balaban J connectivity index is 1.64. The molecule has 0 amide bonds. The van der Waals surface area contributed by atoms with Crippen LogP contribution in [-0.4, -0.2) is 35.6 Å². The molecule has 1 saturated heterocycles. The van der Waals surface area contributed by atoms with Gasteiger partial charge in [-0.05, 0) is 17.2 Å². The molecule has 0 spiro atoms. The highest BCUT2D eigenvalue weighted by Gasteiger charge is 2.09. The van der Waals surface area contributed by atoms with Crippen molar-refractivity contribution in [1.82, 2.24) is 14.8 Å². The zero-order chi connectivity index (χ0) is 14.5. The molecule has 2 aromatic rings. The molecule has 1 N–H and O–H groups in total. The number of nitrogens with one attached hydrogen (secondary N) is 1. The largest absolute Gasteiger partial charge is 0.314 e. The van der Waals surface area contributed by atoms with Gasteiger partial charge < -0.3 is 9.88 Å². The highest BCUT2D eigenvalue weighted by Crippen LogP contribution is 2.09. The molecule has 110 valence electrons. The van der Waals surface area contributed by atoms with Gasteiger partial charge in [0.2, 0.25) is 0 Å². The maximum Gasteiger partial charge on any atom is 0.250 e. The second kappa shape index (κ2) is 6.70. The molecular weight excluding hydrogens is 262 g/mol. The van der Waals surface area contributed by atoms with Crippen molar-refractivity contribution in [3.05, 3.63) is 70.1 Å². The molecule has 3 rings (SSSR count). The first-order valence-corrected chi connectivity index (χ1v) is 7.48. The lowest BCUT2D eigenvalue weighted by Gasteiger charge is -2.27. The Morgan fingerprint density at radius 1 is 0.905 bits per heavy atom. The summed E-state index contributed by atoms with van der Waals surface area (Å²) in [6.07, 6.45) is 1.83. The van der Waals surface area contributed by atoms with Crippen LogP contribution in [-0.2, 0) is 13.1 Å². The Bertz CT molecular complexity index is 627. The Kier molecular flexibility index (Phi) is 4.48. The van der Waals surface area contributed by atoms with E-state index in [1.165, 1.54) is 5.56 Å². The summed E-state index contributed by atoms with van der Waals surface area (Å²) in [7, 11) is 0. The molecule has 4 nitrogen and oxygen atoms in total. The van der Waals surface area contributed by atoms with Crippen molar-refractivity contribution < 1.29 is 0 Å². The molecular formula is C17H21N3O. The van der Waals surface area contributed by atoms with E-state index in [0.29, 0.717) is 6.54 Å². The Morgan fingerprint density at radius 2 is 1.57 bits per heavy atom. The van der Waals surface area contributed by atoms with Crippen LogP contribution in [0, 0.1) is 0 Å². The first-order chi connectivity index (χ1) is 10.3. The molecule has 4 heteroatoms. The van der Waals surface area contributed by atoms with E-state index in [2.05, 4.69) is 34.5 Å². The van der Waals surface area contributed by atoms with Crippen molar-refractivity contribution in [2.75, 3.05) is 26.2 Å². The monoisotopic (exact) mass is 283 g/mol. The van der Waals surface area contributed by atoms with Gasteiger partial charge in [-0.1, -0.05) is 30.3 Å². The van der Waals surface area contributed by atoms with Crippen LogP contribution in [0.4, 0.5) is 0 Å². The standard InChI is InChI=1S/C17H21N3O/c21-17-3-1-2-10-20(17)14-16-6-4-15(5-7-16)13-19-11-8-18-9-12-19/h1-7,10,18H,8-9,11-14H2. The maximum atomic E-state index is 11.7. The number of aromatic nitrogens is 1. The van der Waals surface area contributed by atoms with E-state index in [1.54, 1.807) is 16.7 Å². The SMILES string of the molecule is O=c1ccccn1Cc1ccc(CN2CCNCC2)cc1. The van der Waals surface area contributed by atoms with Crippen LogP contribution in [0.1, 0.15) is 11.1 Å². The third kappa shape index (κ3) is 3.80. The zero-order valence-electron chi connectivity index (χ0n) is 12.2. The maximum absolute atomic E-state index is 11.7. The van der Waals surface area contributed by atoms with Crippen molar-refractivity contribution >= 4 is 0 Å². The smallest absolute Gasteiger partial charge is 0.250 e. The number of hydrogen-bond donors (Lipinski definition) is 1. The van der Waals surface area contributed by atoms with E-state index in [1.807, 2.05) is 12.3 Å². The van der Waals surface area contributed by atoms with Gasteiger partial charge in [0.1, 0.15) is 0 Å². The highest BCUT2D eigenvalue weighted by molar-refractivity contribution is 5.23. The van der Waals surface area contributed by atoms with Crippen LogP contribution < -0.4 is 10.9 Å². The summed E-state index contributed by atoms with van der Waals surface area (Å²) in [5, 5.41) is 3.37. The highest BCUT2D eigenvalue weighted by atomic mass is 16.1. The fourth-order valence-corrected chi connectivity index (χ4v) is 2.67. The summed E-state index contributed by atoms with van der Waals surface area (Å²) in [5.74, 6) is 0. The fraction of sp³-hybridized carbons (Fsp3) is 0.353. The van der Waals surface area contributed by atoms with Crippen molar-refractivity contribution in [1.29, 1.82) is 0 Å². The minimum atomic E-state index is 0.0439. The number of rotatable bonds is 4. The van der Waals surface area contributed by atoms with E-state index in [0.717, 1.165) is 38.3 Å². The molecule has 0 bridgehead atoms. The lowest BCUT2D eigenvalue weighted by atomic mass is 10.1. The third-order valence-electron chi connectivity index (χ3n) is 3.89. The second-order valence-corrected chi connectivity index (χ2v) is 5.51. The van der Waals surface area contributed by atoms with Crippen LogP contribution in [0.15, 0.2) is 53.5 Å². The van der Waals surface area contributed by atoms with Gasteiger partial charge >= 0.3 is 0 Å². The van der Waals surface area contributed by atoms with E-state index < -0.39 is 0 Å². The van der Waals surface area contributed by atoms with Crippen LogP contribution >= 0.6 is 0 Å². The molecule has 0 atom stereocenters. The van der Waals surface area contributed by atoms with Crippen molar-refractivity contribution in [2.45, 2.75) is 13.1 Å². The van der Waals surface area contributed by atoms with Crippen LogP contribution in [0.5, 0.6) is 0 Å². The number of nitrogens with zero attached hydrogens (tertiary/aromatic N) is 2. The molecule has 0 radical (unpaired) electrons. The van der Waals surface area contributed by atoms with E-state index >= 15 is 0 Å². The van der Waals surface area contributed by atoms with Gasteiger partial charge in [0.15, 0.2) is 0 Å². The molecule has 1 aliphatic rings. The normalized spacial score (nSPS) is 16.0. The molecule has 1 aromatic carbocycles. The minimum Gasteiger partial charge on any atom is -0.314 e. The van der Waals surface area contributed by atoms with E-state index in [9.17, 15) is 4.79 Å². The summed E-state index contributed by atoms with van der Waals surface area (Å²) >= 11 is 0. The van der Waals surface area contributed by atoms with Crippen molar-refractivity contribution in [3.63, 3.8) is 0 Å². The molecule has 1 aliphatic heterocycles. The van der Waals surface area contributed by atoms with Gasteiger partial charge in [0.25, 0.3) is 5.56 Å². The Labute approximate surface area is 125 Å². The lowest BCUT2D eigenvalue weighted by molar-refractivity contribution is 0.233. The minimum absolute atomic E-state index is 0.0439. The quantitative estimate of drug-likeness (QED) is 0.919. The van der Waals surface area contributed by atoms with Gasteiger partial charge in [-0.2, -0.15) is 0 Å². The predicted molar refractivity (Wildman–Crippen MR) is 84.4 cm³/mol. The molecule has 0 saturated carbocycles. The molecule has 0 aliphatic carbocycles. The summed E-state index contributed by atoms with van der Waals surface area (Å²) in [4.78, 5) is 14.2. The van der Waals surface area contributed by atoms with Crippen molar-refractivity contribution in [2.24, 2.45) is 0 Å². The number of benzene rings is 1. The van der Waals surface area contributed by atoms with Crippen LogP contribution in [0.25, 0.3) is 0 Å². The number of hydrogen-bond acceptors (Lipinski definition) is 3. The zero-order valence-corrected chi connectivity index (χ0v) is 12.2. The van der Waals surface area contributed by atoms with Gasteiger partial charge in [-0.15, -0.1) is 0 Å². The van der Waals surface area contributed by atoms with Gasteiger partial charge in [-0.3, -0.25) is 9.69 Å². The van der Waals surface area contributed by atoms with Crippen molar-refractivity contribution in [3.8, 4) is 0 Å². The first kappa shape index (κ1) is 14.0.